The molecule has 0 aliphatic rings. The molecule has 2 aromatic rings. The molecule has 1 aromatic heterocycles. The smallest absolute Gasteiger partial charge is 0.341 e. The molecule has 0 unspecified atom stereocenters. The molecule has 0 spiro atoms. The van der Waals surface area contributed by atoms with Gasteiger partial charge in [0.15, 0.2) is 16.6 Å². The summed E-state index contributed by atoms with van der Waals surface area (Å²) in [4.78, 5) is 13.7. The van der Waals surface area contributed by atoms with Gasteiger partial charge in [-0.15, -0.1) is 17.9 Å². The zero-order chi connectivity index (χ0) is 20.7. The van der Waals surface area contributed by atoms with E-state index in [1.54, 1.807) is 27.2 Å². The number of nitrogens with one attached hydrogen (secondary N) is 2. The highest BCUT2D eigenvalue weighted by molar-refractivity contribution is 7.80. The number of carbonyl (C=O) groups excluding carboxylic acids is 1. The number of hydrogen-bond donors (Lipinski definition) is 2. The topological polar surface area (TPSA) is 68.8 Å². The number of ether oxygens (including phenoxy) is 3. The fraction of sp³-hybridized carbons (Fsp3) is 0.300. The van der Waals surface area contributed by atoms with E-state index >= 15 is 0 Å². The molecule has 2 N–H and O–H groups in total. The molecule has 0 aliphatic heterocycles. The molecule has 0 saturated carbocycles. The van der Waals surface area contributed by atoms with Crippen LogP contribution in [0.3, 0.4) is 0 Å². The maximum absolute atomic E-state index is 12.8. The number of hydrogen-bond acceptors (Lipinski definition) is 6. The lowest BCUT2D eigenvalue weighted by molar-refractivity contribution is 0.0529. The van der Waals surface area contributed by atoms with E-state index in [2.05, 4.69) is 17.2 Å². The van der Waals surface area contributed by atoms with E-state index in [4.69, 9.17) is 26.4 Å². The Morgan fingerprint density at radius 2 is 2.00 bits per heavy atom. The molecule has 150 valence electrons. The van der Waals surface area contributed by atoms with E-state index in [-0.39, 0.29) is 6.61 Å². The van der Waals surface area contributed by atoms with Gasteiger partial charge >= 0.3 is 5.97 Å². The molecule has 2 rings (SSSR count). The van der Waals surface area contributed by atoms with Crippen LogP contribution in [0.2, 0.25) is 0 Å². The number of aryl methyl sites for hydroxylation is 1. The highest BCUT2D eigenvalue weighted by Crippen LogP contribution is 2.42. The summed E-state index contributed by atoms with van der Waals surface area (Å²) in [7, 11) is 3.15. The van der Waals surface area contributed by atoms with Crippen LogP contribution in [0.1, 0.15) is 22.2 Å². The minimum absolute atomic E-state index is 0.275. The molecule has 0 radical (unpaired) electrons. The summed E-state index contributed by atoms with van der Waals surface area (Å²) in [6.45, 7) is 8.18. The highest BCUT2D eigenvalue weighted by Gasteiger charge is 2.25. The van der Waals surface area contributed by atoms with E-state index in [9.17, 15) is 4.79 Å². The molecule has 0 aliphatic carbocycles. The minimum Gasteiger partial charge on any atom is -0.493 e. The molecule has 0 atom stereocenters. The van der Waals surface area contributed by atoms with Gasteiger partial charge in [-0.2, -0.15) is 0 Å². The third-order valence-corrected chi connectivity index (χ3v) is 5.14. The summed E-state index contributed by atoms with van der Waals surface area (Å²) in [6.07, 6.45) is 1.70. The second kappa shape index (κ2) is 10.1. The van der Waals surface area contributed by atoms with E-state index in [1.807, 2.05) is 25.1 Å². The Morgan fingerprint density at radius 3 is 2.61 bits per heavy atom. The third-order valence-electron chi connectivity index (χ3n) is 3.87. The van der Waals surface area contributed by atoms with Gasteiger partial charge in [-0.25, -0.2) is 4.79 Å². The number of benzene rings is 1. The Hall–Kier alpha value is -2.58. The van der Waals surface area contributed by atoms with Crippen molar-refractivity contribution >= 4 is 39.6 Å². The van der Waals surface area contributed by atoms with Gasteiger partial charge in [-0.05, 0) is 43.8 Å². The van der Waals surface area contributed by atoms with Crippen LogP contribution >= 0.6 is 23.6 Å². The summed E-state index contributed by atoms with van der Waals surface area (Å²) in [6, 6.07) is 5.54. The lowest BCUT2D eigenvalue weighted by Crippen LogP contribution is -2.28. The monoisotopic (exact) mass is 420 g/mol. The van der Waals surface area contributed by atoms with Crippen LogP contribution in [0.15, 0.2) is 30.9 Å². The van der Waals surface area contributed by atoms with Crippen molar-refractivity contribution in [2.45, 2.75) is 13.8 Å². The Balaban J connectivity index is 2.55. The highest BCUT2D eigenvalue weighted by atomic mass is 32.1. The number of thiocarbonyl (C=S) groups is 1. The lowest BCUT2D eigenvalue weighted by atomic mass is 10.0. The summed E-state index contributed by atoms with van der Waals surface area (Å²) < 4.78 is 16.0. The van der Waals surface area contributed by atoms with Crippen LogP contribution in [0.5, 0.6) is 11.5 Å². The van der Waals surface area contributed by atoms with Crippen LogP contribution in [0.25, 0.3) is 11.1 Å². The fourth-order valence-corrected chi connectivity index (χ4v) is 4.00. The summed E-state index contributed by atoms with van der Waals surface area (Å²) in [5.74, 6) is 0.786. The predicted molar refractivity (Wildman–Crippen MR) is 118 cm³/mol. The molecule has 0 amide bonds. The maximum atomic E-state index is 12.8. The first kappa shape index (κ1) is 21.7. The Bertz CT molecular complexity index is 877. The van der Waals surface area contributed by atoms with E-state index < -0.39 is 5.97 Å². The third kappa shape index (κ3) is 4.82. The Morgan fingerprint density at radius 1 is 1.29 bits per heavy atom. The van der Waals surface area contributed by atoms with Gasteiger partial charge < -0.3 is 24.8 Å². The maximum Gasteiger partial charge on any atom is 0.341 e. The van der Waals surface area contributed by atoms with Crippen molar-refractivity contribution in [2.24, 2.45) is 0 Å². The first-order chi connectivity index (χ1) is 13.5. The second-order valence-corrected chi connectivity index (χ2v) is 7.28. The van der Waals surface area contributed by atoms with Crippen LogP contribution in [0.4, 0.5) is 5.00 Å². The van der Waals surface area contributed by atoms with Crippen LogP contribution in [-0.4, -0.2) is 38.5 Å². The van der Waals surface area contributed by atoms with Crippen molar-refractivity contribution in [1.29, 1.82) is 0 Å². The lowest BCUT2D eigenvalue weighted by Gasteiger charge is -2.12. The first-order valence-corrected chi connectivity index (χ1v) is 9.87. The number of methoxy groups -OCH3 is 2. The van der Waals surface area contributed by atoms with Crippen molar-refractivity contribution in [3.05, 3.63) is 41.3 Å². The van der Waals surface area contributed by atoms with E-state index in [0.29, 0.717) is 33.7 Å². The molecule has 0 bridgehead atoms. The van der Waals surface area contributed by atoms with Crippen LogP contribution < -0.4 is 20.1 Å². The summed E-state index contributed by atoms with van der Waals surface area (Å²) >= 11 is 6.74. The van der Waals surface area contributed by atoms with E-state index in [1.165, 1.54) is 11.3 Å². The van der Waals surface area contributed by atoms with Gasteiger partial charge in [0.1, 0.15) is 10.6 Å². The van der Waals surface area contributed by atoms with Crippen molar-refractivity contribution in [3.63, 3.8) is 0 Å². The average molecular weight is 421 g/mol. The number of thiophene rings is 1. The van der Waals surface area contributed by atoms with Gasteiger partial charge in [-0.1, -0.05) is 12.1 Å². The van der Waals surface area contributed by atoms with Gasteiger partial charge in [0.05, 0.1) is 20.8 Å². The molecule has 6 nitrogen and oxygen atoms in total. The number of anilines is 1. The van der Waals surface area contributed by atoms with Crippen molar-refractivity contribution in [2.75, 3.05) is 32.7 Å². The van der Waals surface area contributed by atoms with Gasteiger partial charge in [0.2, 0.25) is 0 Å². The Labute approximate surface area is 174 Å². The van der Waals surface area contributed by atoms with Crippen LogP contribution in [-0.2, 0) is 4.74 Å². The minimum atomic E-state index is -0.411. The standard InChI is InChI=1S/C20H24N2O4S2/c1-6-10-21-20(27)22-18-17(19(23)26-7-2)16(12(3)28-18)13-8-9-14(24-4)15(11-13)25-5/h6,8-9,11H,1,7,10H2,2-5H3,(H2,21,22,27). The normalized spacial score (nSPS) is 10.1. The molecule has 0 saturated heterocycles. The molecule has 28 heavy (non-hydrogen) atoms. The fourth-order valence-electron chi connectivity index (χ4n) is 2.68. The predicted octanol–water partition coefficient (Wildman–Crippen LogP) is 4.39. The largest absolute Gasteiger partial charge is 0.493 e. The average Bonchev–Trinajstić information content (AvgIpc) is 3.01. The first-order valence-electron chi connectivity index (χ1n) is 8.65. The summed E-state index contributed by atoms with van der Waals surface area (Å²) in [5.41, 5.74) is 2.05. The Kier molecular flexibility index (Phi) is 7.83. The number of carbonyl (C=O) groups is 1. The molecule has 1 heterocycles. The van der Waals surface area contributed by atoms with Crippen molar-refractivity contribution in [3.8, 4) is 22.6 Å². The quantitative estimate of drug-likeness (QED) is 0.373. The van der Waals surface area contributed by atoms with Crippen molar-refractivity contribution < 1.29 is 19.0 Å². The van der Waals surface area contributed by atoms with Gasteiger partial charge in [0.25, 0.3) is 0 Å². The molecular weight excluding hydrogens is 396 g/mol. The molecule has 0 fully saturated rings. The molecule has 1 aromatic carbocycles. The van der Waals surface area contributed by atoms with E-state index in [0.717, 1.165) is 16.0 Å². The second-order valence-electron chi connectivity index (χ2n) is 5.65. The zero-order valence-corrected chi connectivity index (χ0v) is 18.0. The SMILES string of the molecule is C=CCNC(=S)Nc1sc(C)c(-c2ccc(OC)c(OC)c2)c1C(=O)OCC. The molecule has 8 heteroatoms. The van der Waals surface area contributed by atoms with Gasteiger partial charge in [0, 0.05) is 17.0 Å². The van der Waals surface area contributed by atoms with Gasteiger partial charge in [-0.3, -0.25) is 0 Å². The number of rotatable bonds is 8. The molecular formula is C20H24N2O4S2. The summed E-state index contributed by atoms with van der Waals surface area (Å²) in [5, 5.41) is 7.14. The zero-order valence-electron chi connectivity index (χ0n) is 16.4. The number of esters is 1. The van der Waals surface area contributed by atoms with Crippen LogP contribution in [0, 0.1) is 6.92 Å². The van der Waals surface area contributed by atoms with Crippen molar-refractivity contribution in [1.82, 2.24) is 5.32 Å².